The summed E-state index contributed by atoms with van der Waals surface area (Å²) in [6.45, 7) is 12.9. The molecular formula is C15H27N3O. The van der Waals surface area contributed by atoms with Crippen LogP contribution in [-0.2, 0) is 13.1 Å². The van der Waals surface area contributed by atoms with E-state index in [1.165, 1.54) is 5.56 Å². The summed E-state index contributed by atoms with van der Waals surface area (Å²) in [5, 5.41) is 3.48. The van der Waals surface area contributed by atoms with Crippen molar-refractivity contribution in [3.8, 4) is 0 Å². The van der Waals surface area contributed by atoms with Gasteiger partial charge in [-0.1, -0.05) is 0 Å². The van der Waals surface area contributed by atoms with E-state index in [0.717, 1.165) is 45.0 Å². The number of hydrogen-bond acceptors (Lipinski definition) is 4. The molecule has 0 aromatic carbocycles. The molecule has 4 nitrogen and oxygen atoms in total. The molecule has 1 fully saturated rings. The van der Waals surface area contributed by atoms with E-state index in [9.17, 15) is 0 Å². The van der Waals surface area contributed by atoms with Crippen LogP contribution >= 0.6 is 0 Å². The minimum absolute atomic E-state index is 0.148. The van der Waals surface area contributed by atoms with Gasteiger partial charge in [-0.2, -0.15) is 0 Å². The highest BCUT2D eigenvalue weighted by molar-refractivity contribution is 5.13. The van der Waals surface area contributed by atoms with E-state index in [1.807, 2.05) is 6.26 Å². The third kappa shape index (κ3) is 4.97. The first-order chi connectivity index (χ1) is 8.92. The van der Waals surface area contributed by atoms with Gasteiger partial charge in [-0.25, -0.2) is 0 Å². The number of hydrogen-bond donors (Lipinski definition) is 1. The Hall–Kier alpha value is -0.840. The molecule has 1 aliphatic rings. The maximum atomic E-state index is 5.66. The molecule has 2 heterocycles. The Morgan fingerprint density at radius 3 is 2.53 bits per heavy atom. The van der Waals surface area contributed by atoms with Crippen molar-refractivity contribution in [1.82, 2.24) is 15.1 Å². The van der Waals surface area contributed by atoms with Crippen molar-refractivity contribution in [2.75, 3.05) is 33.2 Å². The van der Waals surface area contributed by atoms with E-state index in [0.29, 0.717) is 0 Å². The summed E-state index contributed by atoms with van der Waals surface area (Å²) in [6, 6.07) is 2.18. The molecule has 0 amide bonds. The molecule has 0 spiro atoms. The van der Waals surface area contributed by atoms with Crippen LogP contribution in [0.25, 0.3) is 0 Å². The molecule has 0 unspecified atom stereocenters. The minimum Gasteiger partial charge on any atom is -0.468 e. The quantitative estimate of drug-likeness (QED) is 0.901. The number of likely N-dealkylation sites (N-methyl/N-ethyl adjacent to an activating group) is 1. The summed E-state index contributed by atoms with van der Waals surface area (Å²) < 4.78 is 5.66. The van der Waals surface area contributed by atoms with E-state index >= 15 is 0 Å². The second kappa shape index (κ2) is 6.07. The molecule has 1 saturated heterocycles. The van der Waals surface area contributed by atoms with Gasteiger partial charge < -0.3 is 14.6 Å². The Bertz CT molecular complexity index is 386. The average molecular weight is 265 g/mol. The zero-order chi connectivity index (χ0) is 13.9. The van der Waals surface area contributed by atoms with Gasteiger partial charge in [-0.15, -0.1) is 0 Å². The molecule has 1 aliphatic heterocycles. The highest BCUT2D eigenvalue weighted by Gasteiger charge is 2.16. The molecule has 108 valence electrons. The molecular weight excluding hydrogens is 238 g/mol. The number of furan rings is 1. The summed E-state index contributed by atoms with van der Waals surface area (Å²) in [7, 11) is 2.18. The number of rotatable bonds is 4. The number of nitrogens with one attached hydrogen (secondary N) is 1. The van der Waals surface area contributed by atoms with Gasteiger partial charge in [0.2, 0.25) is 0 Å². The molecule has 0 aliphatic carbocycles. The van der Waals surface area contributed by atoms with Crippen LogP contribution in [0.5, 0.6) is 0 Å². The zero-order valence-electron chi connectivity index (χ0n) is 12.7. The van der Waals surface area contributed by atoms with Crippen LogP contribution in [0.2, 0.25) is 0 Å². The van der Waals surface area contributed by atoms with Gasteiger partial charge in [0.05, 0.1) is 12.8 Å². The predicted molar refractivity (Wildman–Crippen MR) is 78.1 cm³/mol. The van der Waals surface area contributed by atoms with Crippen molar-refractivity contribution in [2.24, 2.45) is 0 Å². The molecule has 1 aromatic heterocycles. The van der Waals surface area contributed by atoms with Crippen LogP contribution in [0.4, 0.5) is 0 Å². The number of nitrogens with zero attached hydrogens (tertiary/aromatic N) is 2. The second-order valence-corrected chi connectivity index (χ2v) is 6.60. The van der Waals surface area contributed by atoms with Crippen molar-refractivity contribution in [1.29, 1.82) is 0 Å². The molecule has 2 rings (SSSR count). The Balaban J connectivity index is 1.80. The normalized spacial score (nSPS) is 18.9. The van der Waals surface area contributed by atoms with Gasteiger partial charge >= 0.3 is 0 Å². The maximum Gasteiger partial charge on any atom is 0.118 e. The fourth-order valence-electron chi connectivity index (χ4n) is 2.20. The highest BCUT2D eigenvalue weighted by atomic mass is 16.3. The van der Waals surface area contributed by atoms with Gasteiger partial charge in [-0.05, 0) is 33.9 Å². The van der Waals surface area contributed by atoms with Crippen molar-refractivity contribution in [2.45, 2.75) is 39.4 Å². The average Bonchev–Trinajstić information content (AvgIpc) is 2.77. The Kier molecular flexibility index (Phi) is 4.66. The molecule has 1 N–H and O–H groups in total. The van der Waals surface area contributed by atoms with Crippen LogP contribution in [0, 0.1) is 0 Å². The summed E-state index contributed by atoms with van der Waals surface area (Å²) in [4.78, 5) is 4.83. The molecule has 0 atom stereocenters. The Labute approximate surface area is 116 Å². The molecule has 0 radical (unpaired) electrons. The second-order valence-electron chi connectivity index (χ2n) is 6.60. The lowest BCUT2D eigenvalue weighted by Gasteiger charge is -2.31. The first kappa shape index (κ1) is 14.6. The first-order valence-electron chi connectivity index (χ1n) is 7.14. The predicted octanol–water partition coefficient (Wildman–Crippen LogP) is 1.92. The monoisotopic (exact) mass is 265 g/mol. The van der Waals surface area contributed by atoms with E-state index in [2.05, 4.69) is 49.0 Å². The lowest BCUT2D eigenvalue weighted by molar-refractivity contribution is 0.140. The molecule has 0 bridgehead atoms. The zero-order valence-corrected chi connectivity index (χ0v) is 12.7. The van der Waals surface area contributed by atoms with Gasteiger partial charge in [0.25, 0.3) is 0 Å². The van der Waals surface area contributed by atoms with Crippen LogP contribution in [-0.4, -0.2) is 48.6 Å². The van der Waals surface area contributed by atoms with Gasteiger partial charge in [0, 0.05) is 43.8 Å². The maximum absolute atomic E-state index is 5.66. The summed E-state index contributed by atoms with van der Waals surface area (Å²) >= 11 is 0. The summed E-state index contributed by atoms with van der Waals surface area (Å²) in [5.41, 5.74) is 1.38. The largest absolute Gasteiger partial charge is 0.468 e. The third-order valence-corrected chi connectivity index (χ3v) is 3.51. The standard InChI is InChI=1S/C15H27N3O/c1-15(2,3)16-10-13-9-14(19-12-13)11-18-7-5-17(4)6-8-18/h9,12,16H,5-8,10-11H2,1-4H3. The lowest BCUT2D eigenvalue weighted by Crippen LogP contribution is -2.43. The topological polar surface area (TPSA) is 31.6 Å². The summed E-state index contributed by atoms with van der Waals surface area (Å²) in [5.74, 6) is 1.08. The molecule has 1 aromatic rings. The van der Waals surface area contributed by atoms with E-state index in [4.69, 9.17) is 4.42 Å². The minimum atomic E-state index is 0.148. The summed E-state index contributed by atoms with van der Waals surface area (Å²) in [6.07, 6.45) is 1.88. The number of piperazine rings is 1. The van der Waals surface area contributed by atoms with E-state index in [1.54, 1.807) is 0 Å². The van der Waals surface area contributed by atoms with Crippen LogP contribution in [0.1, 0.15) is 32.1 Å². The van der Waals surface area contributed by atoms with Gasteiger partial charge in [0.15, 0.2) is 0 Å². The van der Waals surface area contributed by atoms with Gasteiger partial charge in [-0.3, -0.25) is 4.90 Å². The molecule has 4 heteroatoms. The van der Waals surface area contributed by atoms with Crippen molar-refractivity contribution < 1.29 is 4.42 Å². The lowest BCUT2D eigenvalue weighted by atomic mass is 10.1. The third-order valence-electron chi connectivity index (χ3n) is 3.51. The molecule has 19 heavy (non-hydrogen) atoms. The first-order valence-corrected chi connectivity index (χ1v) is 7.14. The van der Waals surface area contributed by atoms with Crippen LogP contribution in [0.15, 0.2) is 16.7 Å². The van der Waals surface area contributed by atoms with Crippen molar-refractivity contribution >= 4 is 0 Å². The fourth-order valence-corrected chi connectivity index (χ4v) is 2.20. The van der Waals surface area contributed by atoms with Crippen LogP contribution < -0.4 is 5.32 Å². The van der Waals surface area contributed by atoms with Crippen LogP contribution in [0.3, 0.4) is 0 Å². The SMILES string of the molecule is CN1CCN(Cc2cc(CNC(C)(C)C)co2)CC1. The highest BCUT2D eigenvalue weighted by Crippen LogP contribution is 2.13. The van der Waals surface area contributed by atoms with Crippen molar-refractivity contribution in [3.63, 3.8) is 0 Å². The molecule has 0 saturated carbocycles. The Morgan fingerprint density at radius 2 is 1.89 bits per heavy atom. The fraction of sp³-hybridized carbons (Fsp3) is 0.733. The smallest absolute Gasteiger partial charge is 0.118 e. The Morgan fingerprint density at radius 1 is 1.21 bits per heavy atom. The van der Waals surface area contributed by atoms with Gasteiger partial charge in [0.1, 0.15) is 5.76 Å². The van der Waals surface area contributed by atoms with E-state index < -0.39 is 0 Å². The van der Waals surface area contributed by atoms with E-state index in [-0.39, 0.29) is 5.54 Å². The van der Waals surface area contributed by atoms with Crippen molar-refractivity contribution in [3.05, 3.63) is 23.7 Å².